The van der Waals surface area contributed by atoms with Crippen molar-refractivity contribution in [3.63, 3.8) is 0 Å². The van der Waals surface area contributed by atoms with Crippen molar-refractivity contribution in [1.82, 2.24) is 9.87 Å². The number of hydrogen-bond donors (Lipinski definition) is 4. The highest BCUT2D eigenvalue weighted by atomic mass is 35.5. The lowest BCUT2D eigenvalue weighted by atomic mass is 10.2. The second-order valence-corrected chi connectivity index (χ2v) is 9.06. The molecule has 2 aromatic rings. The van der Waals surface area contributed by atoms with Gasteiger partial charge in [0.1, 0.15) is 10.2 Å². The SMILES string of the molecule is CCC(C)OP(=O)(O)c1cc2cc(S(=O)(=O)NO)c(Cl)cc2[nH]c1=O. The van der Waals surface area contributed by atoms with Crippen LogP contribution in [0.15, 0.2) is 27.9 Å². The van der Waals surface area contributed by atoms with E-state index in [0.717, 1.165) is 23.1 Å². The molecule has 4 N–H and O–H groups in total. The minimum atomic E-state index is -4.43. The molecule has 25 heavy (non-hydrogen) atoms. The number of benzene rings is 1. The first-order chi connectivity index (χ1) is 11.5. The van der Waals surface area contributed by atoms with Gasteiger partial charge in [0.2, 0.25) is 0 Å². The topological polar surface area (TPSA) is 146 Å². The summed E-state index contributed by atoms with van der Waals surface area (Å²) in [6.45, 7) is 3.33. The fraction of sp³-hybridized carbons (Fsp3) is 0.308. The molecule has 1 aromatic heterocycles. The van der Waals surface area contributed by atoms with E-state index < -0.39 is 39.5 Å². The summed E-state index contributed by atoms with van der Waals surface area (Å²) in [5.41, 5.74) is -0.701. The predicted molar refractivity (Wildman–Crippen MR) is 92.0 cm³/mol. The number of aromatic nitrogens is 1. The van der Waals surface area contributed by atoms with Gasteiger partial charge >= 0.3 is 7.60 Å². The summed E-state index contributed by atoms with van der Waals surface area (Å²) in [6, 6.07) is 3.27. The maximum atomic E-state index is 12.4. The van der Waals surface area contributed by atoms with E-state index in [1.165, 1.54) is 0 Å². The maximum absolute atomic E-state index is 12.4. The summed E-state index contributed by atoms with van der Waals surface area (Å²) in [5, 5.41) is 8.08. The lowest BCUT2D eigenvalue weighted by molar-refractivity contribution is 0.192. The Bertz CT molecular complexity index is 1020. The molecule has 0 spiro atoms. The fourth-order valence-electron chi connectivity index (χ4n) is 2.04. The zero-order chi connectivity index (χ0) is 19.0. The number of hydrogen-bond acceptors (Lipinski definition) is 6. The molecule has 12 heteroatoms. The van der Waals surface area contributed by atoms with E-state index in [9.17, 15) is 22.7 Å². The summed E-state index contributed by atoms with van der Waals surface area (Å²) in [5.74, 6) is 0. The first-order valence-corrected chi connectivity index (χ1v) is 10.5. The van der Waals surface area contributed by atoms with Crippen LogP contribution in [0.25, 0.3) is 10.9 Å². The van der Waals surface area contributed by atoms with Crippen LogP contribution in [-0.2, 0) is 19.1 Å². The van der Waals surface area contributed by atoms with Gasteiger partial charge in [0.15, 0.2) is 0 Å². The number of rotatable bonds is 6. The summed E-state index contributed by atoms with van der Waals surface area (Å²) in [6.07, 6.45) is -0.110. The van der Waals surface area contributed by atoms with E-state index in [4.69, 9.17) is 21.3 Å². The summed E-state index contributed by atoms with van der Waals surface area (Å²) in [7, 11) is -8.71. The smallest absolute Gasteiger partial charge is 0.321 e. The quantitative estimate of drug-likeness (QED) is 0.416. The van der Waals surface area contributed by atoms with Gasteiger partial charge in [-0.3, -0.25) is 9.36 Å². The first-order valence-electron chi connectivity index (χ1n) is 7.06. The number of nitrogens with one attached hydrogen (secondary N) is 2. The maximum Gasteiger partial charge on any atom is 0.364 e. The van der Waals surface area contributed by atoms with Crippen LogP contribution in [0.1, 0.15) is 20.3 Å². The Kier molecular flexibility index (Phi) is 5.75. The average molecular weight is 411 g/mol. The van der Waals surface area contributed by atoms with Crippen LogP contribution in [0.4, 0.5) is 0 Å². The molecule has 0 aliphatic carbocycles. The van der Waals surface area contributed by atoms with Crippen LogP contribution in [0, 0.1) is 0 Å². The highest BCUT2D eigenvalue weighted by Crippen LogP contribution is 2.42. The molecule has 138 valence electrons. The molecule has 2 unspecified atom stereocenters. The van der Waals surface area contributed by atoms with Gasteiger partial charge in [-0.1, -0.05) is 23.4 Å². The van der Waals surface area contributed by atoms with E-state index in [1.807, 2.05) is 0 Å². The number of pyridine rings is 1. The van der Waals surface area contributed by atoms with Gasteiger partial charge in [0.25, 0.3) is 15.6 Å². The van der Waals surface area contributed by atoms with Crippen molar-refractivity contribution >= 4 is 45.4 Å². The van der Waals surface area contributed by atoms with Gasteiger partial charge in [-0.25, -0.2) is 8.42 Å². The fourth-order valence-corrected chi connectivity index (χ4v) is 4.57. The molecule has 2 atom stereocenters. The van der Waals surface area contributed by atoms with E-state index >= 15 is 0 Å². The van der Waals surface area contributed by atoms with Gasteiger partial charge in [-0.15, -0.1) is 0 Å². The Labute approximate surface area is 148 Å². The Morgan fingerprint density at radius 3 is 2.60 bits per heavy atom. The van der Waals surface area contributed by atoms with Crippen molar-refractivity contribution in [3.8, 4) is 0 Å². The molecule has 1 aromatic carbocycles. The molecular formula is C13H16ClN2O7PS. The molecule has 0 radical (unpaired) electrons. The Balaban J connectivity index is 2.70. The number of fused-ring (bicyclic) bond motifs is 1. The molecule has 9 nitrogen and oxygen atoms in total. The van der Waals surface area contributed by atoms with Crippen molar-refractivity contribution in [2.45, 2.75) is 31.3 Å². The van der Waals surface area contributed by atoms with Gasteiger partial charge in [0, 0.05) is 10.9 Å². The third-order valence-corrected chi connectivity index (χ3v) is 6.66. The van der Waals surface area contributed by atoms with E-state index in [-0.39, 0.29) is 15.9 Å². The van der Waals surface area contributed by atoms with Crippen molar-refractivity contribution in [3.05, 3.63) is 33.6 Å². The molecule has 0 bridgehead atoms. The number of aromatic amines is 1. The molecule has 0 aliphatic heterocycles. The van der Waals surface area contributed by atoms with Crippen LogP contribution in [0.2, 0.25) is 5.02 Å². The van der Waals surface area contributed by atoms with Crippen molar-refractivity contribution in [1.29, 1.82) is 0 Å². The lowest BCUT2D eigenvalue weighted by Crippen LogP contribution is -2.29. The third kappa shape index (κ3) is 4.12. The van der Waals surface area contributed by atoms with Crippen molar-refractivity contribution in [2.24, 2.45) is 0 Å². The van der Waals surface area contributed by atoms with Crippen LogP contribution in [0.5, 0.6) is 0 Å². The zero-order valence-electron chi connectivity index (χ0n) is 13.2. The number of H-pyrrole nitrogens is 1. The number of sulfonamides is 1. The summed E-state index contributed by atoms with van der Waals surface area (Å²) in [4.78, 5) is 25.2. The second kappa shape index (κ2) is 7.16. The normalized spacial score (nSPS) is 15.9. The van der Waals surface area contributed by atoms with Gasteiger partial charge in [-0.05, 0) is 31.5 Å². The third-order valence-electron chi connectivity index (χ3n) is 3.49. The molecule has 1 heterocycles. The summed E-state index contributed by atoms with van der Waals surface area (Å²) < 4.78 is 40.9. The van der Waals surface area contributed by atoms with E-state index in [1.54, 1.807) is 13.8 Å². The second-order valence-electron chi connectivity index (χ2n) is 5.29. The van der Waals surface area contributed by atoms with Crippen LogP contribution in [0.3, 0.4) is 0 Å². The van der Waals surface area contributed by atoms with Crippen LogP contribution in [-0.4, -0.2) is 29.6 Å². The van der Waals surface area contributed by atoms with E-state index in [0.29, 0.717) is 6.42 Å². The molecule has 0 saturated carbocycles. The lowest BCUT2D eigenvalue weighted by Gasteiger charge is -2.16. The Morgan fingerprint density at radius 1 is 1.40 bits per heavy atom. The summed E-state index contributed by atoms with van der Waals surface area (Å²) >= 11 is 5.86. The molecule has 2 rings (SSSR count). The molecular weight excluding hydrogens is 395 g/mol. The molecule has 0 fully saturated rings. The predicted octanol–water partition coefficient (Wildman–Crippen LogP) is 1.47. The van der Waals surface area contributed by atoms with Gasteiger partial charge in [-0.2, -0.15) is 0 Å². The van der Waals surface area contributed by atoms with Crippen molar-refractivity contribution in [2.75, 3.05) is 0 Å². The van der Waals surface area contributed by atoms with Gasteiger partial charge < -0.3 is 19.6 Å². The largest absolute Gasteiger partial charge is 0.364 e. The highest BCUT2D eigenvalue weighted by molar-refractivity contribution is 7.89. The number of halogens is 1. The first kappa shape index (κ1) is 20.1. The standard InChI is InChI=1S/C13H16ClN2O7PS/c1-3-7(2)23-24(19,20)11-4-8-5-12(25(21,22)16-18)9(14)6-10(8)15-13(11)17/h4-7,16,18H,3H2,1-2H3,(H,15,17)(H,19,20). The van der Waals surface area contributed by atoms with E-state index in [2.05, 4.69) is 4.98 Å². The minimum absolute atomic E-state index is 0.120. The monoisotopic (exact) mass is 410 g/mol. The molecule has 0 saturated heterocycles. The van der Waals surface area contributed by atoms with Crippen LogP contribution < -0.4 is 15.7 Å². The molecule has 0 amide bonds. The zero-order valence-corrected chi connectivity index (χ0v) is 15.7. The highest BCUT2D eigenvalue weighted by Gasteiger charge is 2.29. The minimum Gasteiger partial charge on any atom is -0.321 e. The van der Waals surface area contributed by atoms with Crippen LogP contribution >= 0.6 is 19.2 Å². The van der Waals surface area contributed by atoms with Gasteiger partial charge in [0.05, 0.1) is 11.1 Å². The molecule has 0 aliphatic rings. The average Bonchev–Trinajstić information content (AvgIpc) is 2.52. The Hall–Kier alpha value is -1.26. The Morgan fingerprint density at radius 2 is 2.04 bits per heavy atom. The van der Waals surface area contributed by atoms with Crippen molar-refractivity contribution < 1.29 is 27.6 Å².